The van der Waals surface area contributed by atoms with Gasteiger partial charge in [-0.25, -0.2) is 9.37 Å². The van der Waals surface area contributed by atoms with Gasteiger partial charge in [0.15, 0.2) is 11.6 Å². The first-order valence-corrected chi connectivity index (χ1v) is 11.5. The maximum atomic E-state index is 14.9. The van der Waals surface area contributed by atoms with Crippen LogP contribution in [0.1, 0.15) is 41.3 Å². The number of halogens is 1. The average molecular weight is 488 g/mol. The molecule has 0 atom stereocenters. The van der Waals surface area contributed by atoms with E-state index in [0.29, 0.717) is 5.75 Å². The normalized spacial score (nSPS) is 11.8. The molecule has 1 amide bonds. The lowest BCUT2D eigenvalue weighted by molar-refractivity contribution is -0.888. The van der Waals surface area contributed by atoms with Crippen molar-refractivity contribution in [2.75, 3.05) is 12.4 Å². The van der Waals surface area contributed by atoms with Crippen LogP contribution in [0.5, 0.6) is 11.5 Å². The number of anilines is 1. The Morgan fingerprint density at radius 3 is 2.61 bits per heavy atom. The predicted octanol–water partition coefficient (Wildman–Crippen LogP) is 5.46. The van der Waals surface area contributed by atoms with Gasteiger partial charge in [-0.2, -0.15) is 0 Å². The van der Waals surface area contributed by atoms with E-state index >= 15 is 0 Å². The van der Waals surface area contributed by atoms with E-state index in [0.717, 1.165) is 28.2 Å². The largest absolute Gasteiger partial charge is 0.453 e. The van der Waals surface area contributed by atoms with Crippen LogP contribution in [0.4, 0.5) is 10.1 Å². The quantitative estimate of drug-likeness (QED) is 0.278. The number of nitrogens with zero attached hydrogens (tertiary/aromatic N) is 3. The summed E-state index contributed by atoms with van der Waals surface area (Å²) in [6.07, 6.45) is 9.40. The number of imidazole rings is 1. The van der Waals surface area contributed by atoms with E-state index in [1.165, 1.54) is 24.0 Å². The van der Waals surface area contributed by atoms with Gasteiger partial charge in [-0.05, 0) is 58.0 Å². The monoisotopic (exact) mass is 487 g/mol. The third-order valence-corrected chi connectivity index (χ3v) is 5.59. The molecule has 0 radical (unpaired) electrons. The molecule has 4 aromatic rings. The molecular weight excluding hydrogens is 459 g/mol. The van der Waals surface area contributed by atoms with Crippen LogP contribution in [-0.2, 0) is 0 Å². The fourth-order valence-electron chi connectivity index (χ4n) is 3.97. The number of hydrogen-bond acceptors (Lipinski definition) is 4. The zero-order valence-corrected chi connectivity index (χ0v) is 20.9. The van der Waals surface area contributed by atoms with E-state index in [2.05, 4.69) is 10.3 Å². The Balaban J connectivity index is 1.57. The number of allylic oxidation sites excluding steroid dienone is 4. The van der Waals surface area contributed by atoms with Crippen LogP contribution in [0, 0.1) is 19.7 Å². The molecule has 0 saturated carbocycles. The molecule has 184 valence electrons. The summed E-state index contributed by atoms with van der Waals surface area (Å²) in [5, 5.41) is 2.74. The third kappa shape index (κ3) is 4.98. The number of carbonyl (C=O) groups excluding carboxylic acids is 1. The molecular formula is C28H28FN4O3+. The number of rotatable bonds is 7. The van der Waals surface area contributed by atoms with Gasteiger partial charge < -0.3 is 14.5 Å². The number of aromatic nitrogens is 3. The van der Waals surface area contributed by atoms with Gasteiger partial charge in [0.25, 0.3) is 5.69 Å². The zero-order valence-electron chi connectivity index (χ0n) is 20.9. The van der Waals surface area contributed by atoms with Crippen molar-refractivity contribution in [3.8, 4) is 11.5 Å². The summed E-state index contributed by atoms with van der Waals surface area (Å²) < 4.78 is 23.9. The third-order valence-electron chi connectivity index (χ3n) is 5.59. The number of amides is 1. The van der Waals surface area contributed by atoms with Gasteiger partial charge in [-0.15, -0.1) is 0 Å². The maximum Gasteiger partial charge on any atom is 0.325 e. The summed E-state index contributed by atoms with van der Waals surface area (Å²) in [6, 6.07) is 11.3. The van der Waals surface area contributed by atoms with Gasteiger partial charge in [0.1, 0.15) is 18.5 Å². The number of nitrogens with one attached hydrogen (secondary N) is 1. The smallest absolute Gasteiger partial charge is 0.325 e. The van der Waals surface area contributed by atoms with Crippen LogP contribution in [0.25, 0.3) is 11.2 Å². The van der Waals surface area contributed by atoms with Crippen molar-refractivity contribution in [1.29, 1.82) is 0 Å². The maximum absolute atomic E-state index is 14.9. The number of hydrogen-bond donors (Lipinski definition) is 1. The zero-order chi connectivity index (χ0) is 25.8. The van der Waals surface area contributed by atoms with Gasteiger partial charge in [-0.3, -0.25) is 9.63 Å². The van der Waals surface area contributed by atoms with Crippen LogP contribution in [0.3, 0.4) is 0 Å². The Labute approximate surface area is 209 Å². The van der Waals surface area contributed by atoms with Crippen molar-refractivity contribution >= 4 is 22.8 Å². The van der Waals surface area contributed by atoms with Crippen molar-refractivity contribution in [2.24, 2.45) is 0 Å². The van der Waals surface area contributed by atoms with Crippen LogP contribution in [-0.4, -0.2) is 22.4 Å². The molecule has 7 nitrogen and oxygen atoms in total. The second kappa shape index (κ2) is 10.4. The summed E-state index contributed by atoms with van der Waals surface area (Å²) in [4.78, 5) is 23.1. The molecule has 3 aromatic heterocycles. The fourth-order valence-corrected chi connectivity index (χ4v) is 3.97. The minimum Gasteiger partial charge on any atom is -0.453 e. The highest BCUT2D eigenvalue weighted by molar-refractivity contribution is 6.02. The molecule has 1 aromatic carbocycles. The summed E-state index contributed by atoms with van der Waals surface area (Å²) in [5.41, 5.74) is 4.81. The molecule has 0 aliphatic carbocycles. The topological polar surface area (TPSA) is 68.7 Å². The van der Waals surface area contributed by atoms with Gasteiger partial charge >= 0.3 is 11.6 Å². The van der Waals surface area contributed by atoms with Crippen molar-refractivity contribution in [1.82, 2.24) is 9.38 Å². The highest BCUT2D eigenvalue weighted by Crippen LogP contribution is 2.27. The lowest BCUT2D eigenvalue weighted by Gasteiger charge is -2.11. The Morgan fingerprint density at radius 1 is 1.11 bits per heavy atom. The van der Waals surface area contributed by atoms with E-state index in [9.17, 15) is 9.18 Å². The van der Waals surface area contributed by atoms with Crippen molar-refractivity contribution < 1.29 is 23.5 Å². The molecule has 1 N–H and O–H groups in total. The molecule has 0 aliphatic heterocycles. The first-order valence-electron chi connectivity index (χ1n) is 11.5. The molecule has 36 heavy (non-hydrogen) atoms. The Kier molecular flexibility index (Phi) is 7.15. The second-order valence-electron chi connectivity index (χ2n) is 8.19. The van der Waals surface area contributed by atoms with Crippen molar-refractivity contribution in [3.05, 3.63) is 102 Å². The summed E-state index contributed by atoms with van der Waals surface area (Å²) in [7, 11) is 1.50. The van der Waals surface area contributed by atoms with Gasteiger partial charge in [0.05, 0.1) is 11.9 Å². The number of pyridine rings is 2. The van der Waals surface area contributed by atoms with E-state index in [-0.39, 0.29) is 17.1 Å². The van der Waals surface area contributed by atoms with Gasteiger partial charge in [0.2, 0.25) is 0 Å². The SMILES string of the molecule is C/C=C\C(=C/C)c1c(C)ccc(C(=O)Nc2ccc(Oc3ccc4nc(C)cn4c3)c(F)c2)[n+]1OC. The summed E-state index contributed by atoms with van der Waals surface area (Å²) in [6.45, 7) is 7.68. The number of benzene rings is 1. The van der Waals surface area contributed by atoms with Gasteiger partial charge in [-0.1, -0.05) is 18.2 Å². The minimum absolute atomic E-state index is 0.0397. The number of ether oxygens (including phenoxy) is 1. The molecule has 0 saturated heterocycles. The van der Waals surface area contributed by atoms with Crippen LogP contribution in [0.15, 0.2) is 73.1 Å². The molecule has 3 heterocycles. The van der Waals surface area contributed by atoms with E-state index in [1.54, 1.807) is 30.5 Å². The van der Waals surface area contributed by atoms with E-state index < -0.39 is 11.7 Å². The average Bonchev–Trinajstić information content (AvgIpc) is 3.23. The van der Waals surface area contributed by atoms with Crippen LogP contribution in [0.2, 0.25) is 0 Å². The number of carbonyl (C=O) groups is 1. The van der Waals surface area contributed by atoms with Crippen LogP contribution < -0.4 is 19.6 Å². The fraction of sp³-hybridized carbons (Fsp3) is 0.179. The lowest BCUT2D eigenvalue weighted by atomic mass is 10.1. The molecule has 0 unspecified atom stereocenters. The standard InChI is InChI=1S/C28H27FN4O3/c1-6-8-20(7-2)27-18(3)9-12-24(33(27)35-5)28(34)31-21-10-13-25(23(29)15-21)36-22-11-14-26-30-19(4)16-32(26)17-22/h6-17H,1-5H3/p+1/b8-6-,20-7+. The van der Waals surface area contributed by atoms with E-state index in [4.69, 9.17) is 9.57 Å². The summed E-state index contributed by atoms with van der Waals surface area (Å²) >= 11 is 0. The Bertz CT molecular complexity index is 1500. The first-order chi connectivity index (χ1) is 17.3. The molecule has 0 spiro atoms. The number of aryl methyl sites for hydroxylation is 2. The van der Waals surface area contributed by atoms with Crippen molar-refractivity contribution in [3.63, 3.8) is 0 Å². The highest BCUT2D eigenvalue weighted by atomic mass is 19.1. The minimum atomic E-state index is -0.608. The van der Waals surface area contributed by atoms with Gasteiger partial charge in [0, 0.05) is 39.9 Å². The second-order valence-corrected chi connectivity index (χ2v) is 8.19. The van der Waals surface area contributed by atoms with Crippen LogP contribution >= 0.6 is 0 Å². The molecule has 4 rings (SSSR count). The molecule has 0 bridgehead atoms. The Hall–Kier alpha value is -4.46. The first kappa shape index (κ1) is 24.7. The summed E-state index contributed by atoms with van der Waals surface area (Å²) in [5.74, 6) is -0.547. The van der Waals surface area contributed by atoms with E-state index in [1.807, 2.05) is 62.6 Å². The molecule has 0 fully saturated rings. The lowest BCUT2D eigenvalue weighted by Crippen LogP contribution is -2.51. The van der Waals surface area contributed by atoms with Crippen molar-refractivity contribution in [2.45, 2.75) is 27.7 Å². The predicted molar refractivity (Wildman–Crippen MR) is 137 cm³/mol. The molecule has 0 aliphatic rings. The molecule has 8 heteroatoms. The highest BCUT2D eigenvalue weighted by Gasteiger charge is 2.28. The number of fused-ring (bicyclic) bond motifs is 1. The Morgan fingerprint density at radius 2 is 1.92 bits per heavy atom.